The van der Waals surface area contributed by atoms with Crippen LogP contribution in [0, 0.1) is 13.8 Å². The van der Waals surface area contributed by atoms with Gasteiger partial charge in [0.1, 0.15) is 0 Å². The van der Waals surface area contributed by atoms with Crippen LogP contribution in [0.4, 0.5) is 5.69 Å². The zero-order valence-corrected chi connectivity index (χ0v) is 14.9. The molecule has 1 amide bonds. The zero-order chi connectivity index (χ0) is 16.9. The van der Waals surface area contributed by atoms with Crippen molar-refractivity contribution in [2.75, 3.05) is 36.8 Å². The molecule has 0 unspecified atom stereocenters. The Hall–Kier alpha value is -2.08. The van der Waals surface area contributed by atoms with Crippen molar-refractivity contribution in [3.8, 4) is 0 Å². The van der Waals surface area contributed by atoms with Gasteiger partial charge in [-0.3, -0.25) is 4.79 Å². The molecule has 2 aromatic rings. The van der Waals surface area contributed by atoms with Crippen LogP contribution in [0.15, 0.2) is 41.6 Å². The molecule has 0 aliphatic carbocycles. The summed E-state index contributed by atoms with van der Waals surface area (Å²) >= 11 is 1.42. The van der Waals surface area contributed by atoms with E-state index in [-0.39, 0.29) is 5.91 Å². The number of carbonyl (C=O) groups excluding carboxylic acids is 1. The molecule has 3 rings (SSSR count). The van der Waals surface area contributed by atoms with Gasteiger partial charge in [-0.2, -0.15) is 0 Å². The number of carbonyl (C=O) groups is 1. The van der Waals surface area contributed by atoms with Crippen molar-refractivity contribution in [3.05, 3.63) is 47.8 Å². The van der Waals surface area contributed by atoms with Crippen molar-refractivity contribution < 1.29 is 4.79 Å². The lowest BCUT2D eigenvalue weighted by Crippen LogP contribution is -2.49. The predicted molar refractivity (Wildman–Crippen MR) is 97.5 cm³/mol. The maximum Gasteiger partial charge on any atom is 0.233 e. The Bertz CT molecular complexity index is 679. The average Bonchev–Trinajstić information content (AvgIpc) is 2.60. The van der Waals surface area contributed by atoms with E-state index in [9.17, 15) is 4.79 Å². The molecule has 24 heavy (non-hydrogen) atoms. The number of nitrogens with zero attached hydrogens (tertiary/aromatic N) is 4. The van der Waals surface area contributed by atoms with Gasteiger partial charge < -0.3 is 9.80 Å². The lowest BCUT2D eigenvalue weighted by molar-refractivity contribution is -0.128. The summed E-state index contributed by atoms with van der Waals surface area (Å²) in [5.74, 6) is 0.560. The van der Waals surface area contributed by atoms with Crippen LogP contribution in [0.25, 0.3) is 0 Å². The summed E-state index contributed by atoms with van der Waals surface area (Å²) in [6.07, 6.45) is 0. The van der Waals surface area contributed by atoms with Crippen molar-refractivity contribution >= 4 is 23.4 Å². The number of rotatable bonds is 4. The Morgan fingerprint density at radius 3 is 2.29 bits per heavy atom. The maximum atomic E-state index is 12.4. The molecule has 5 nitrogen and oxygen atoms in total. The van der Waals surface area contributed by atoms with Crippen LogP contribution in [0.5, 0.6) is 0 Å². The molecule has 0 radical (unpaired) electrons. The maximum absolute atomic E-state index is 12.4. The molecule has 1 aliphatic rings. The van der Waals surface area contributed by atoms with Crippen LogP contribution in [0.3, 0.4) is 0 Å². The highest BCUT2D eigenvalue weighted by atomic mass is 32.2. The molecule has 1 aliphatic heterocycles. The van der Waals surface area contributed by atoms with Gasteiger partial charge in [0.25, 0.3) is 0 Å². The van der Waals surface area contributed by atoms with E-state index in [0.29, 0.717) is 10.9 Å². The predicted octanol–water partition coefficient (Wildman–Crippen LogP) is 2.53. The standard InChI is InChI=1S/C18H22N4OS/c1-14-12-15(2)20-18(19-14)24-13-17(23)22-10-8-21(9-11-22)16-6-4-3-5-7-16/h3-7,12H,8-11,13H2,1-2H3. The van der Waals surface area contributed by atoms with E-state index in [0.717, 1.165) is 37.6 Å². The van der Waals surface area contributed by atoms with E-state index < -0.39 is 0 Å². The fraction of sp³-hybridized carbons (Fsp3) is 0.389. The van der Waals surface area contributed by atoms with Crippen LogP contribution in [0.2, 0.25) is 0 Å². The summed E-state index contributed by atoms with van der Waals surface area (Å²) in [7, 11) is 0. The van der Waals surface area contributed by atoms with Gasteiger partial charge in [-0.25, -0.2) is 9.97 Å². The highest BCUT2D eigenvalue weighted by Crippen LogP contribution is 2.18. The van der Waals surface area contributed by atoms with Gasteiger partial charge in [-0.15, -0.1) is 0 Å². The average molecular weight is 342 g/mol. The molecule has 0 bridgehead atoms. The minimum absolute atomic E-state index is 0.162. The summed E-state index contributed by atoms with van der Waals surface area (Å²) < 4.78 is 0. The third-order valence-electron chi connectivity index (χ3n) is 4.04. The third kappa shape index (κ3) is 4.26. The number of hydrogen-bond acceptors (Lipinski definition) is 5. The first-order valence-electron chi connectivity index (χ1n) is 8.15. The van der Waals surface area contributed by atoms with Gasteiger partial charge in [0.05, 0.1) is 5.75 Å². The third-order valence-corrected chi connectivity index (χ3v) is 4.87. The smallest absolute Gasteiger partial charge is 0.233 e. The summed E-state index contributed by atoms with van der Waals surface area (Å²) in [6, 6.07) is 12.3. The first kappa shape index (κ1) is 16.8. The number of benzene rings is 1. The molecule has 0 N–H and O–H groups in total. The first-order chi connectivity index (χ1) is 11.6. The lowest BCUT2D eigenvalue weighted by Gasteiger charge is -2.36. The van der Waals surface area contributed by atoms with Gasteiger partial charge in [-0.05, 0) is 32.0 Å². The minimum Gasteiger partial charge on any atom is -0.368 e. The van der Waals surface area contributed by atoms with Gasteiger partial charge in [0, 0.05) is 43.3 Å². The van der Waals surface area contributed by atoms with Crippen LogP contribution < -0.4 is 4.90 Å². The zero-order valence-electron chi connectivity index (χ0n) is 14.1. The Morgan fingerprint density at radius 2 is 1.67 bits per heavy atom. The molecule has 1 aromatic heterocycles. The topological polar surface area (TPSA) is 49.3 Å². The number of amides is 1. The summed E-state index contributed by atoms with van der Waals surface area (Å²) in [5, 5.41) is 0.684. The molecule has 126 valence electrons. The van der Waals surface area contributed by atoms with E-state index in [4.69, 9.17) is 0 Å². The monoisotopic (exact) mass is 342 g/mol. The van der Waals surface area contributed by atoms with Crippen LogP contribution >= 0.6 is 11.8 Å². The highest BCUT2D eigenvalue weighted by molar-refractivity contribution is 7.99. The number of hydrogen-bond donors (Lipinski definition) is 0. The normalized spacial score (nSPS) is 14.8. The van der Waals surface area contributed by atoms with Gasteiger partial charge in [0.15, 0.2) is 5.16 Å². The van der Waals surface area contributed by atoms with Crippen molar-refractivity contribution in [2.24, 2.45) is 0 Å². The van der Waals surface area contributed by atoms with E-state index in [2.05, 4.69) is 27.0 Å². The fourth-order valence-electron chi connectivity index (χ4n) is 2.83. The summed E-state index contributed by atoms with van der Waals surface area (Å²) in [5.41, 5.74) is 3.10. The molecule has 0 spiro atoms. The van der Waals surface area contributed by atoms with E-state index in [1.807, 2.05) is 43.0 Å². The molecule has 1 aromatic carbocycles. The minimum atomic E-state index is 0.162. The second-order valence-electron chi connectivity index (χ2n) is 5.93. The van der Waals surface area contributed by atoms with Crippen molar-refractivity contribution in [2.45, 2.75) is 19.0 Å². The first-order valence-corrected chi connectivity index (χ1v) is 9.13. The molecule has 2 heterocycles. The largest absolute Gasteiger partial charge is 0.368 e. The van der Waals surface area contributed by atoms with Crippen molar-refractivity contribution in [1.29, 1.82) is 0 Å². The van der Waals surface area contributed by atoms with E-state index in [1.54, 1.807) is 0 Å². The number of thioether (sulfide) groups is 1. The molecule has 6 heteroatoms. The van der Waals surface area contributed by atoms with Gasteiger partial charge >= 0.3 is 0 Å². The van der Waals surface area contributed by atoms with E-state index in [1.165, 1.54) is 17.4 Å². The van der Waals surface area contributed by atoms with Crippen LogP contribution in [0.1, 0.15) is 11.4 Å². The van der Waals surface area contributed by atoms with Crippen LogP contribution in [-0.2, 0) is 4.79 Å². The second-order valence-corrected chi connectivity index (χ2v) is 6.87. The Balaban J connectivity index is 1.50. The molecule has 0 saturated carbocycles. The quantitative estimate of drug-likeness (QED) is 0.631. The number of piperazine rings is 1. The Morgan fingerprint density at radius 1 is 1.04 bits per heavy atom. The van der Waals surface area contributed by atoms with E-state index >= 15 is 0 Å². The van der Waals surface area contributed by atoms with Gasteiger partial charge in [0.2, 0.25) is 5.91 Å². The summed E-state index contributed by atoms with van der Waals surface area (Å²) in [6.45, 7) is 7.18. The Labute approximate surface area is 147 Å². The van der Waals surface area contributed by atoms with Crippen LogP contribution in [-0.4, -0.2) is 52.7 Å². The molecule has 0 atom stereocenters. The SMILES string of the molecule is Cc1cc(C)nc(SCC(=O)N2CCN(c3ccccc3)CC2)n1. The van der Waals surface area contributed by atoms with Crippen molar-refractivity contribution in [1.82, 2.24) is 14.9 Å². The number of anilines is 1. The second kappa shape index (κ2) is 7.66. The van der Waals surface area contributed by atoms with Crippen molar-refractivity contribution in [3.63, 3.8) is 0 Å². The fourth-order valence-corrected chi connectivity index (χ4v) is 3.68. The molecule has 1 saturated heterocycles. The lowest BCUT2D eigenvalue weighted by atomic mass is 10.2. The highest BCUT2D eigenvalue weighted by Gasteiger charge is 2.21. The molecular formula is C18H22N4OS. The number of para-hydroxylation sites is 1. The number of aryl methyl sites for hydroxylation is 2. The molecular weight excluding hydrogens is 320 g/mol. The number of aromatic nitrogens is 2. The van der Waals surface area contributed by atoms with Gasteiger partial charge in [-0.1, -0.05) is 30.0 Å². The Kier molecular flexibility index (Phi) is 5.35. The summed E-state index contributed by atoms with van der Waals surface area (Å²) in [4.78, 5) is 25.4. The molecule has 1 fully saturated rings.